The molecule has 1 aromatic carbocycles. The lowest BCUT2D eigenvalue weighted by Gasteiger charge is -2.19. The molecule has 2 aromatic heterocycles. The average Bonchev–Trinajstić information content (AvgIpc) is 3.47. The van der Waals surface area contributed by atoms with Gasteiger partial charge < -0.3 is 10.6 Å². The van der Waals surface area contributed by atoms with E-state index in [1.165, 1.54) is 15.1 Å². The molecule has 0 bridgehead atoms. The van der Waals surface area contributed by atoms with Gasteiger partial charge in [-0.15, -0.1) is 22.7 Å². The number of hydrogen-bond donors (Lipinski definition) is 2. The second kappa shape index (κ2) is 13.8. The van der Waals surface area contributed by atoms with Crippen molar-refractivity contribution in [3.05, 3.63) is 52.2 Å². The standard InChI is InChI=1S/C15H19NOS.C12H15N3O3S2/c1-10(2)8-11(3)16-15(17)14-9-12-6-4-5-7-13(12)18-14;13-8-10-4-7-19-12(10)20(17,18)15-5-1-2-11(3-6-15)14-9-16/h4-7,9-11H,8H2,1-3H3,(H,16,17);4,7,9,11H,1-3,5-6H2,(H,14,16). The molecule has 0 aliphatic carbocycles. The average molecular weight is 575 g/mol. The summed E-state index contributed by atoms with van der Waals surface area (Å²) < 4.78 is 27.8. The van der Waals surface area contributed by atoms with E-state index in [1.807, 2.05) is 36.4 Å². The van der Waals surface area contributed by atoms with Gasteiger partial charge in [0.05, 0.1) is 10.4 Å². The van der Waals surface area contributed by atoms with E-state index < -0.39 is 10.0 Å². The first-order valence-corrected chi connectivity index (χ1v) is 15.8. The Hall–Kier alpha value is -2.78. The predicted molar refractivity (Wildman–Crippen MR) is 153 cm³/mol. The Morgan fingerprint density at radius 3 is 2.66 bits per heavy atom. The molecule has 1 aliphatic heterocycles. The van der Waals surface area contributed by atoms with Crippen LogP contribution in [-0.2, 0) is 14.8 Å². The van der Waals surface area contributed by atoms with Gasteiger partial charge in [0, 0.05) is 29.9 Å². The third-order valence-electron chi connectivity index (χ3n) is 6.17. The third-order valence-corrected chi connectivity index (χ3v) is 10.6. The van der Waals surface area contributed by atoms with Crippen molar-refractivity contribution in [1.29, 1.82) is 5.26 Å². The largest absolute Gasteiger partial charge is 0.356 e. The first-order valence-electron chi connectivity index (χ1n) is 12.6. The van der Waals surface area contributed by atoms with Crippen LogP contribution < -0.4 is 10.6 Å². The highest BCUT2D eigenvalue weighted by Gasteiger charge is 2.30. The van der Waals surface area contributed by atoms with Crippen molar-refractivity contribution in [2.75, 3.05) is 13.1 Å². The molecule has 2 atom stereocenters. The first kappa shape index (κ1) is 29.8. The molecule has 38 heavy (non-hydrogen) atoms. The molecule has 0 spiro atoms. The highest BCUT2D eigenvalue weighted by atomic mass is 32.2. The summed E-state index contributed by atoms with van der Waals surface area (Å²) in [5, 5.41) is 17.5. The minimum atomic E-state index is -3.61. The lowest BCUT2D eigenvalue weighted by molar-refractivity contribution is -0.110. The SMILES string of the molecule is CC(C)CC(C)NC(=O)c1cc2ccccc2s1.N#Cc1ccsc1S(=O)(=O)N1CCCC(NC=O)CC1. The molecule has 0 radical (unpaired) electrons. The van der Waals surface area contributed by atoms with Gasteiger partial charge in [-0.3, -0.25) is 9.59 Å². The van der Waals surface area contributed by atoms with Crippen molar-refractivity contribution in [2.45, 2.75) is 62.7 Å². The van der Waals surface area contributed by atoms with E-state index in [0.717, 1.165) is 34.4 Å². The molecule has 204 valence electrons. The zero-order chi connectivity index (χ0) is 27.7. The Bertz CT molecular complexity index is 1340. The summed E-state index contributed by atoms with van der Waals surface area (Å²) in [7, 11) is -3.61. The van der Waals surface area contributed by atoms with Gasteiger partial charge in [0.2, 0.25) is 6.41 Å². The van der Waals surface area contributed by atoms with Crippen LogP contribution >= 0.6 is 22.7 Å². The van der Waals surface area contributed by atoms with E-state index in [4.69, 9.17) is 5.26 Å². The Labute approximate surface area is 232 Å². The van der Waals surface area contributed by atoms with E-state index in [0.29, 0.717) is 38.3 Å². The molecule has 11 heteroatoms. The molecule has 2 N–H and O–H groups in total. The zero-order valence-electron chi connectivity index (χ0n) is 21.8. The third kappa shape index (κ3) is 7.86. The topological polar surface area (TPSA) is 119 Å². The van der Waals surface area contributed by atoms with Crippen molar-refractivity contribution < 1.29 is 18.0 Å². The van der Waals surface area contributed by atoms with Gasteiger partial charge in [-0.25, -0.2) is 8.42 Å². The Balaban J connectivity index is 0.000000212. The number of sulfonamides is 1. The Morgan fingerprint density at radius 1 is 1.21 bits per heavy atom. The number of nitrogens with zero attached hydrogens (tertiary/aromatic N) is 2. The zero-order valence-corrected chi connectivity index (χ0v) is 24.3. The molecule has 2 amide bonds. The number of rotatable bonds is 8. The molecule has 3 aromatic rings. The second-order valence-electron chi connectivity index (χ2n) is 9.70. The molecule has 4 rings (SSSR count). The molecule has 1 fully saturated rings. The number of carbonyl (C=O) groups excluding carboxylic acids is 2. The molecule has 0 saturated carbocycles. The summed E-state index contributed by atoms with van der Waals surface area (Å²) in [6, 6.07) is 13.7. The van der Waals surface area contributed by atoms with E-state index in [-0.39, 0.29) is 27.8 Å². The van der Waals surface area contributed by atoms with Crippen molar-refractivity contribution in [1.82, 2.24) is 14.9 Å². The van der Waals surface area contributed by atoms with E-state index >= 15 is 0 Å². The van der Waals surface area contributed by atoms with Crippen molar-refractivity contribution in [2.24, 2.45) is 5.92 Å². The highest BCUT2D eigenvalue weighted by molar-refractivity contribution is 7.91. The number of nitrogens with one attached hydrogen (secondary N) is 2. The molecule has 1 aliphatic rings. The van der Waals surface area contributed by atoms with E-state index in [1.54, 1.807) is 16.7 Å². The number of fused-ring (bicyclic) bond motifs is 1. The second-order valence-corrected chi connectivity index (χ2v) is 13.8. The maximum atomic E-state index is 12.5. The minimum Gasteiger partial charge on any atom is -0.356 e. The number of carbonyl (C=O) groups is 2. The number of hydrogen-bond acceptors (Lipinski definition) is 7. The Morgan fingerprint density at radius 2 is 1.97 bits per heavy atom. The minimum absolute atomic E-state index is 0.0199. The normalized spacial score (nSPS) is 17.1. The summed E-state index contributed by atoms with van der Waals surface area (Å²) in [4.78, 5) is 23.4. The fourth-order valence-corrected chi connectivity index (χ4v) is 8.27. The Kier molecular flexibility index (Phi) is 10.8. The molecule has 8 nitrogen and oxygen atoms in total. The van der Waals surface area contributed by atoms with Crippen LogP contribution in [0.25, 0.3) is 10.1 Å². The maximum Gasteiger partial charge on any atom is 0.261 e. The fourth-order valence-electron chi connectivity index (χ4n) is 4.42. The molecule has 1 saturated heterocycles. The number of thiophene rings is 2. The van der Waals surface area contributed by atoms with Gasteiger partial charge in [-0.1, -0.05) is 32.0 Å². The smallest absolute Gasteiger partial charge is 0.261 e. The summed E-state index contributed by atoms with van der Waals surface area (Å²) >= 11 is 2.62. The monoisotopic (exact) mass is 574 g/mol. The summed E-state index contributed by atoms with van der Waals surface area (Å²) in [6.45, 7) is 7.17. The lowest BCUT2D eigenvalue weighted by atomic mass is 10.1. The van der Waals surface area contributed by atoms with Crippen LogP contribution in [0, 0.1) is 17.2 Å². The molecule has 3 heterocycles. The highest BCUT2D eigenvalue weighted by Crippen LogP contribution is 2.28. The number of nitriles is 1. The summed E-state index contributed by atoms with van der Waals surface area (Å²) in [5.41, 5.74) is 0.196. The van der Waals surface area contributed by atoms with Crippen LogP contribution in [0.5, 0.6) is 0 Å². The first-order chi connectivity index (χ1) is 18.1. The summed E-state index contributed by atoms with van der Waals surface area (Å²) in [5.74, 6) is 0.645. The predicted octanol–water partition coefficient (Wildman–Crippen LogP) is 4.97. The van der Waals surface area contributed by atoms with Crippen molar-refractivity contribution in [3.8, 4) is 6.07 Å². The van der Waals surface area contributed by atoms with Crippen molar-refractivity contribution in [3.63, 3.8) is 0 Å². The van der Waals surface area contributed by atoms with Crippen LogP contribution in [0.15, 0.2) is 46.0 Å². The summed E-state index contributed by atoms with van der Waals surface area (Å²) in [6.07, 6.45) is 3.71. The van der Waals surface area contributed by atoms with Gasteiger partial charge in [0.1, 0.15) is 6.07 Å². The molecule has 2 unspecified atom stereocenters. The molecular formula is C27H34N4O4S3. The van der Waals surface area contributed by atoms with Gasteiger partial charge >= 0.3 is 0 Å². The van der Waals surface area contributed by atoms with Crippen LogP contribution in [-0.4, -0.2) is 50.2 Å². The number of benzene rings is 1. The van der Waals surface area contributed by atoms with Crippen molar-refractivity contribution >= 4 is 55.1 Å². The van der Waals surface area contributed by atoms with Crippen LogP contribution in [0.3, 0.4) is 0 Å². The van der Waals surface area contributed by atoms with Crippen LogP contribution in [0.4, 0.5) is 0 Å². The molecular weight excluding hydrogens is 541 g/mol. The van der Waals surface area contributed by atoms with Gasteiger partial charge in [-0.2, -0.15) is 9.57 Å². The van der Waals surface area contributed by atoms with Crippen LogP contribution in [0.2, 0.25) is 0 Å². The van der Waals surface area contributed by atoms with E-state index in [2.05, 4.69) is 31.4 Å². The van der Waals surface area contributed by atoms with Gasteiger partial charge in [0.25, 0.3) is 15.9 Å². The van der Waals surface area contributed by atoms with Gasteiger partial charge in [-0.05, 0) is 67.5 Å². The van der Waals surface area contributed by atoms with Crippen LogP contribution in [0.1, 0.15) is 61.7 Å². The quantitative estimate of drug-likeness (QED) is 0.368. The fraction of sp³-hybridized carbons (Fsp3) is 0.444. The number of amides is 2. The van der Waals surface area contributed by atoms with E-state index in [9.17, 15) is 18.0 Å². The van der Waals surface area contributed by atoms with Gasteiger partial charge in [0.15, 0.2) is 4.21 Å². The maximum absolute atomic E-state index is 12.5. The lowest BCUT2D eigenvalue weighted by Crippen LogP contribution is -2.33.